The molecule has 3 aromatic heterocycles. The van der Waals surface area contributed by atoms with E-state index in [9.17, 15) is 9.18 Å². The Hall–Kier alpha value is -4.00. The molecular weight excluding hydrogens is 413 g/mol. The van der Waals surface area contributed by atoms with Crippen molar-refractivity contribution in [2.75, 3.05) is 0 Å². The number of hydrogen-bond acceptors (Lipinski definition) is 6. The summed E-state index contributed by atoms with van der Waals surface area (Å²) in [7, 11) is 1.73. The standard InChI is InChI=1S/C22H20FN7O2/c1-11(13-5-12(6-13)8-24)27-22(31)32-18-10-26-21-20(18)28-16(9-25-21)19-15-4-3-14(23)7-17(15)30(2)29-19/h3-4,7,9-13H,5-6H2,1-2H3,(H,25,26)(H,27,31)/t11?,12-,13+. The number of aromatic nitrogens is 5. The highest BCUT2D eigenvalue weighted by atomic mass is 19.1. The van der Waals surface area contributed by atoms with E-state index in [1.54, 1.807) is 24.0 Å². The van der Waals surface area contributed by atoms with Gasteiger partial charge in [-0.15, -0.1) is 0 Å². The van der Waals surface area contributed by atoms with Crippen molar-refractivity contribution in [2.24, 2.45) is 18.9 Å². The van der Waals surface area contributed by atoms with Crippen molar-refractivity contribution < 1.29 is 13.9 Å². The predicted molar refractivity (Wildman–Crippen MR) is 114 cm³/mol. The van der Waals surface area contributed by atoms with Crippen LogP contribution >= 0.6 is 0 Å². The van der Waals surface area contributed by atoms with Crippen LogP contribution in [0.2, 0.25) is 0 Å². The van der Waals surface area contributed by atoms with Crippen LogP contribution in [0, 0.1) is 29.0 Å². The quantitative estimate of drug-likeness (QED) is 0.506. The number of nitrogens with zero attached hydrogens (tertiary/aromatic N) is 5. The second kappa shape index (κ2) is 7.60. The lowest BCUT2D eigenvalue weighted by atomic mass is 9.72. The molecule has 4 aromatic rings. The molecule has 162 valence electrons. The minimum absolute atomic E-state index is 0.0711. The second-order valence-corrected chi connectivity index (χ2v) is 8.12. The Balaban J connectivity index is 1.39. The van der Waals surface area contributed by atoms with Gasteiger partial charge in [-0.3, -0.25) is 4.68 Å². The summed E-state index contributed by atoms with van der Waals surface area (Å²) in [6, 6.07) is 6.58. The van der Waals surface area contributed by atoms with Crippen LogP contribution in [0.25, 0.3) is 33.5 Å². The van der Waals surface area contributed by atoms with E-state index < -0.39 is 6.09 Å². The van der Waals surface area contributed by atoms with Crippen molar-refractivity contribution in [3.8, 4) is 23.2 Å². The van der Waals surface area contributed by atoms with E-state index in [4.69, 9.17) is 10.00 Å². The van der Waals surface area contributed by atoms with Gasteiger partial charge in [0.15, 0.2) is 16.9 Å². The van der Waals surface area contributed by atoms with Crippen molar-refractivity contribution >= 4 is 28.2 Å². The van der Waals surface area contributed by atoms with Crippen LogP contribution < -0.4 is 10.1 Å². The first-order valence-electron chi connectivity index (χ1n) is 10.3. The number of carbonyl (C=O) groups excluding carboxylic acids is 1. The maximum atomic E-state index is 13.6. The summed E-state index contributed by atoms with van der Waals surface area (Å²) < 4.78 is 20.7. The van der Waals surface area contributed by atoms with E-state index in [-0.39, 0.29) is 29.4 Å². The highest BCUT2D eigenvalue weighted by molar-refractivity contribution is 5.93. The lowest BCUT2D eigenvalue weighted by Gasteiger charge is -2.35. The zero-order valence-corrected chi connectivity index (χ0v) is 17.5. The molecule has 1 aliphatic carbocycles. The number of amides is 1. The summed E-state index contributed by atoms with van der Waals surface area (Å²) in [6.45, 7) is 1.90. The number of ether oxygens (including phenoxy) is 1. The monoisotopic (exact) mass is 433 g/mol. The van der Waals surface area contributed by atoms with E-state index >= 15 is 0 Å². The van der Waals surface area contributed by atoms with Gasteiger partial charge < -0.3 is 15.0 Å². The van der Waals surface area contributed by atoms with Crippen LogP contribution in [0.1, 0.15) is 19.8 Å². The van der Waals surface area contributed by atoms with Gasteiger partial charge in [-0.05, 0) is 43.9 Å². The Morgan fingerprint density at radius 2 is 2.25 bits per heavy atom. The summed E-state index contributed by atoms with van der Waals surface area (Å²) in [6.07, 6.45) is 4.06. The average molecular weight is 433 g/mol. The highest BCUT2D eigenvalue weighted by Gasteiger charge is 2.34. The fourth-order valence-electron chi connectivity index (χ4n) is 4.09. The average Bonchev–Trinajstić information content (AvgIpc) is 3.27. The lowest BCUT2D eigenvalue weighted by Crippen LogP contribution is -2.44. The molecule has 0 saturated heterocycles. The molecule has 1 unspecified atom stereocenters. The first kappa shape index (κ1) is 19.9. The van der Waals surface area contributed by atoms with Gasteiger partial charge in [-0.25, -0.2) is 19.2 Å². The summed E-state index contributed by atoms with van der Waals surface area (Å²) in [5.74, 6) is 0.236. The summed E-state index contributed by atoms with van der Waals surface area (Å²) in [5, 5.41) is 16.9. The molecule has 9 nitrogen and oxygen atoms in total. The number of benzene rings is 1. The van der Waals surface area contributed by atoms with E-state index in [0.29, 0.717) is 28.1 Å². The number of aromatic amines is 1. The molecule has 1 aliphatic rings. The molecule has 0 spiro atoms. The molecule has 0 bridgehead atoms. The predicted octanol–water partition coefficient (Wildman–Crippen LogP) is 3.68. The Bertz CT molecular complexity index is 1380. The highest BCUT2D eigenvalue weighted by Crippen LogP contribution is 2.35. The zero-order valence-electron chi connectivity index (χ0n) is 17.5. The number of fused-ring (bicyclic) bond motifs is 2. The third kappa shape index (κ3) is 3.41. The Kier molecular flexibility index (Phi) is 4.74. The SMILES string of the molecule is CC(NC(=O)Oc1c[nH]c2ncc(-c3nn(C)c4cc(F)ccc34)nc12)[C@H]1C[C@@H](C#N)C1. The van der Waals surface area contributed by atoms with Crippen molar-refractivity contribution in [3.63, 3.8) is 0 Å². The van der Waals surface area contributed by atoms with E-state index in [2.05, 4.69) is 31.4 Å². The zero-order chi connectivity index (χ0) is 22.4. The molecule has 0 radical (unpaired) electrons. The van der Waals surface area contributed by atoms with E-state index in [1.165, 1.54) is 18.3 Å². The fourth-order valence-corrected chi connectivity index (χ4v) is 4.09. The normalized spacial score (nSPS) is 18.8. The third-order valence-corrected chi connectivity index (χ3v) is 6.01. The fraction of sp³-hybridized carbons (Fsp3) is 0.318. The molecule has 32 heavy (non-hydrogen) atoms. The van der Waals surface area contributed by atoms with Crippen molar-refractivity contribution in [1.29, 1.82) is 5.26 Å². The first-order chi connectivity index (χ1) is 15.4. The first-order valence-corrected chi connectivity index (χ1v) is 10.3. The molecule has 1 atom stereocenters. The van der Waals surface area contributed by atoms with Gasteiger partial charge in [-0.1, -0.05) is 0 Å². The Morgan fingerprint density at radius 1 is 1.44 bits per heavy atom. The van der Waals surface area contributed by atoms with E-state index in [0.717, 1.165) is 18.2 Å². The number of halogens is 1. The van der Waals surface area contributed by atoms with Gasteiger partial charge in [0.25, 0.3) is 0 Å². The van der Waals surface area contributed by atoms with Gasteiger partial charge in [0.2, 0.25) is 0 Å². The van der Waals surface area contributed by atoms with Gasteiger partial charge in [-0.2, -0.15) is 10.4 Å². The Labute approximate surface area is 182 Å². The minimum atomic E-state index is -0.593. The molecule has 1 saturated carbocycles. The maximum Gasteiger partial charge on any atom is 0.412 e. The summed E-state index contributed by atoms with van der Waals surface area (Å²) in [4.78, 5) is 24.3. The van der Waals surface area contributed by atoms with Crippen LogP contribution in [0.15, 0.2) is 30.6 Å². The number of aryl methyl sites for hydroxylation is 1. The Morgan fingerprint density at radius 3 is 3.03 bits per heavy atom. The van der Waals surface area contributed by atoms with Crippen molar-refractivity contribution in [3.05, 3.63) is 36.4 Å². The van der Waals surface area contributed by atoms with Crippen LogP contribution in [0.4, 0.5) is 9.18 Å². The number of hydrogen-bond donors (Lipinski definition) is 2. The molecule has 1 amide bonds. The smallest absolute Gasteiger partial charge is 0.406 e. The largest absolute Gasteiger partial charge is 0.412 e. The maximum absolute atomic E-state index is 13.6. The minimum Gasteiger partial charge on any atom is -0.406 e. The number of rotatable bonds is 4. The molecule has 1 aromatic carbocycles. The topological polar surface area (TPSA) is 122 Å². The molecule has 0 aliphatic heterocycles. The van der Waals surface area contributed by atoms with Gasteiger partial charge >= 0.3 is 6.09 Å². The van der Waals surface area contributed by atoms with Crippen LogP contribution in [-0.2, 0) is 7.05 Å². The number of H-pyrrole nitrogens is 1. The molecule has 1 fully saturated rings. The molecular formula is C22H20FN7O2. The second-order valence-electron chi connectivity index (χ2n) is 8.12. The summed E-state index contributed by atoms with van der Waals surface area (Å²) >= 11 is 0. The van der Waals surface area contributed by atoms with E-state index in [1.807, 2.05) is 6.92 Å². The molecule has 10 heteroatoms. The molecule has 2 N–H and O–H groups in total. The van der Waals surface area contributed by atoms with Crippen LogP contribution in [-0.4, -0.2) is 36.9 Å². The van der Waals surface area contributed by atoms with Gasteiger partial charge in [0.1, 0.15) is 17.2 Å². The summed E-state index contributed by atoms with van der Waals surface area (Å²) in [5.41, 5.74) is 2.52. The number of nitriles is 1. The van der Waals surface area contributed by atoms with Crippen molar-refractivity contribution in [1.82, 2.24) is 30.0 Å². The van der Waals surface area contributed by atoms with Crippen molar-refractivity contribution in [2.45, 2.75) is 25.8 Å². The number of carbonyl (C=O) groups is 1. The molecule has 5 rings (SSSR count). The van der Waals surface area contributed by atoms with Gasteiger partial charge in [0.05, 0.1) is 17.8 Å². The lowest BCUT2D eigenvalue weighted by molar-refractivity contribution is 0.165. The number of nitrogens with one attached hydrogen (secondary N) is 2. The molecule has 3 heterocycles. The van der Waals surface area contributed by atoms with Crippen LogP contribution in [0.5, 0.6) is 5.75 Å². The van der Waals surface area contributed by atoms with Gasteiger partial charge in [0, 0.05) is 30.6 Å². The third-order valence-electron chi connectivity index (χ3n) is 6.01. The van der Waals surface area contributed by atoms with Crippen LogP contribution in [0.3, 0.4) is 0 Å².